The Hall–Kier alpha value is -3.07. The van der Waals surface area contributed by atoms with Crippen molar-refractivity contribution in [1.29, 1.82) is 0 Å². The van der Waals surface area contributed by atoms with E-state index in [0.29, 0.717) is 36.9 Å². The predicted octanol–water partition coefficient (Wildman–Crippen LogP) is 5.82. The van der Waals surface area contributed by atoms with E-state index < -0.39 is 0 Å². The van der Waals surface area contributed by atoms with Crippen LogP contribution in [0.5, 0.6) is 17.2 Å². The summed E-state index contributed by atoms with van der Waals surface area (Å²) in [6.07, 6.45) is 2.52. The highest BCUT2D eigenvalue weighted by molar-refractivity contribution is 14.1. The second-order valence-corrected chi connectivity index (χ2v) is 8.27. The number of ether oxygens (including phenoxy) is 3. The molecule has 0 radical (unpaired) electrons. The molecule has 172 valence electrons. The van der Waals surface area contributed by atoms with Gasteiger partial charge in [0, 0.05) is 5.56 Å². The number of nitrogens with one attached hydrogen (secondary N) is 1. The Labute approximate surface area is 208 Å². The van der Waals surface area contributed by atoms with Crippen LogP contribution in [-0.4, -0.2) is 25.3 Å². The second kappa shape index (κ2) is 12.8. The van der Waals surface area contributed by atoms with E-state index in [1.807, 2.05) is 56.3 Å². The maximum atomic E-state index is 12.4. The third kappa shape index (κ3) is 7.49. The highest BCUT2D eigenvalue weighted by atomic mass is 127. The monoisotopic (exact) mass is 558 g/mol. The first-order chi connectivity index (χ1) is 16.1. The number of hydrogen-bond acceptors (Lipinski definition) is 5. The molecular formula is C26H27IN2O4. The molecule has 0 spiro atoms. The molecule has 0 aliphatic carbocycles. The van der Waals surface area contributed by atoms with Crippen LogP contribution < -0.4 is 19.6 Å². The minimum Gasteiger partial charge on any atom is -0.494 e. The van der Waals surface area contributed by atoms with Gasteiger partial charge >= 0.3 is 0 Å². The van der Waals surface area contributed by atoms with Crippen molar-refractivity contribution in [3.8, 4) is 17.2 Å². The van der Waals surface area contributed by atoms with Gasteiger partial charge in [-0.15, -0.1) is 0 Å². The number of rotatable bonds is 11. The van der Waals surface area contributed by atoms with E-state index >= 15 is 0 Å². The molecule has 0 atom stereocenters. The number of amides is 1. The minimum atomic E-state index is -0.296. The summed E-state index contributed by atoms with van der Waals surface area (Å²) in [6, 6.07) is 20.7. The quantitative estimate of drug-likeness (QED) is 0.183. The molecular weight excluding hydrogens is 531 g/mol. The summed E-state index contributed by atoms with van der Waals surface area (Å²) in [5, 5.41) is 4.10. The molecule has 0 bridgehead atoms. The number of nitrogens with zero attached hydrogens (tertiary/aromatic N) is 1. The van der Waals surface area contributed by atoms with Crippen LogP contribution in [0.1, 0.15) is 41.8 Å². The molecule has 0 heterocycles. The highest BCUT2D eigenvalue weighted by Crippen LogP contribution is 2.34. The Balaban J connectivity index is 1.65. The van der Waals surface area contributed by atoms with Crippen LogP contribution in [0.15, 0.2) is 71.8 Å². The summed E-state index contributed by atoms with van der Waals surface area (Å²) in [4.78, 5) is 12.4. The van der Waals surface area contributed by atoms with Crippen molar-refractivity contribution in [2.24, 2.45) is 5.10 Å². The van der Waals surface area contributed by atoms with E-state index in [1.54, 1.807) is 30.5 Å². The van der Waals surface area contributed by atoms with Gasteiger partial charge in [0.25, 0.3) is 5.91 Å². The van der Waals surface area contributed by atoms with Crippen molar-refractivity contribution in [2.45, 2.75) is 26.9 Å². The number of hydrogen-bond donors (Lipinski definition) is 1. The van der Waals surface area contributed by atoms with Gasteiger partial charge < -0.3 is 14.2 Å². The van der Waals surface area contributed by atoms with Crippen molar-refractivity contribution >= 4 is 34.7 Å². The van der Waals surface area contributed by atoms with Crippen molar-refractivity contribution in [3.05, 3.63) is 87.0 Å². The van der Waals surface area contributed by atoms with Crippen LogP contribution >= 0.6 is 22.6 Å². The average Bonchev–Trinajstić information content (AvgIpc) is 2.83. The third-order valence-electron chi connectivity index (χ3n) is 4.53. The summed E-state index contributed by atoms with van der Waals surface area (Å²) in [6.45, 7) is 5.57. The zero-order valence-corrected chi connectivity index (χ0v) is 20.9. The minimum absolute atomic E-state index is 0.296. The van der Waals surface area contributed by atoms with Gasteiger partial charge in [0.05, 0.1) is 23.0 Å². The maximum absolute atomic E-state index is 12.4. The average molecular weight is 558 g/mol. The van der Waals surface area contributed by atoms with Crippen LogP contribution in [0.2, 0.25) is 0 Å². The lowest BCUT2D eigenvalue weighted by Crippen LogP contribution is -2.17. The van der Waals surface area contributed by atoms with E-state index in [1.165, 1.54) is 0 Å². The molecule has 0 aromatic heterocycles. The van der Waals surface area contributed by atoms with Gasteiger partial charge in [-0.1, -0.05) is 37.3 Å². The lowest BCUT2D eigenvalue weighted by Gasteiger charge is -2.14. The number of carbonyl (C=O) groups excluding carboxylic acids is 1. The number of benzene rings is 3. The van der Waals surface area contributed by atoms with Gasteiger partial charge in [-0.25, -0.2) is 5.43 Å². The first-order valence-electron chi connectivity index (χ1n) is 10.8. The van der Waals surface area contributed by atoms with Gasteiger partial charge in [-0.05, 0) is 83.5 Å². The largest absolute Gasteiger partial charge is 0.494 e. The molecule has 0 saturated carbocycles. The Morgan fingerprint density at radius 3 is 2.45 bits per heavy atom. The Morgan fingerprint density at radius 1 is 1.00 bits per heavy atom. The smallest absolute Gasteiger partial charge is 0.271 e. The molecule has 0 fully saturated rings. The first kappa shape index (κ1) is 24.6. The van der Waals surface area contributed by atoms with E-state index in [9.17, 15) is 4.79 Å². The summed E-state index contributed by atoms with van der Waals surface area (Å²) in [7, 11) is 0. The molecule has 0 unspecified atom stereocenters. The van der Waals surface area contributed by atoms with Gasteiger partial charge in [-0.3, -0.25) is 4.79 Å². The summed E-state index contributed by atoms with van der Waals surface area (Å²) >= 11 is 2.22. The first-order valence-corrected chi connectivity index (χ1v) is 11.9. The summed E-state index contributed by atoms with van der Waals surface area (Å²) in [5.74, 6) is 1.77. The van der Waals surface area contributed by atoms with E-state index in [-0.39, 0.29) is 5.91 Å². The Bertz CT molecular complexity index is 1070. The molecule has 33 heavy (non-hydrogen) atoms. The van der Waals surface area contributed by atoms with Gasteiger partial charge in [0.2, 0.25) is 0 Å². The molecule has 7 heteroatoms. The summed E-state index contributed by atoms with van der Waals surface area (Å²) < 4.78 is 18.3. The molecule has 6 nitrogen and oxygen atoms in total. The van der Waals surface area contributed by atoms with Crippen molar-refractivity contribution in [1.82, 2.24) is 5.43 Å². The fourth-order valence-electron chi connectivity index (χ4n) is 2.95. The molecule has 3 aromatic carbocycles. The van der Waals surface area contributed by atoms with Gasteiger partial charge in [0.1, 0.15) is 12.4 Å². The molecule has 3 aromatic rings. The zero-order valence-electron chi connectivity index (χ0n) is 18.7. The van der Waals surface area contributed by atoms with Crippen LogP contribution in [0.4, 0.5) is 0 Å². The predicted molar refractivity (Wildman–Crippen MR) is 138 cm³/mol. The van der Waals surface area contributed by atoms with Crippen LogP contribution in [0, 0.1) is 3.57 Å². The maximum Gasteiger partial charge on any atom is 0.271 e. The lowest BCUT2D eigenvalue weighted by atomic mass is 10.2. The van der Waals surface area contributed by atoms with Crippen molar-refractivity contribution in [3.63, 3.8) is 0 Å². The molecule has 0 aliphatic heterocycles. The molecule has 1 amide bonds. The van der Waals surface area contributed by atoms with E-state index in [4.69, 9.17) is 14.2 Å². The second-order valence-electron chi connectivity index (χ2n) is 7.11. The molecule has 0 saturated heterocycles. The van der Waals surface area contributed by atoms with Crippen molar-refractivity contribution in [2.75, 3.05) is 13.2 Å². The molecule has 0 aliphatic rings. The normalized spacial score (nSPS) is 10.8. The Kier molecular flexibility index (Phi) is 9.56. The number of carbonyl (C=O) groups is 1. The van der Waals surface area contributed by atoms with Crippen LogP contribution in [0.3, 0.4) is 0 Å². The standard InChI is InChI=1S/C26H27IN2O4/c1-3-14-32-22-12-10-21(11-13-22)26(30)29-28-17-20-15-23(27)25(24(16-20)31-4-2)33-18-19-8-6-5-7-9-19/h5-13,15-17H,3-4,14,18H2,1-2H3,(H,29,30)/b28-17-. The van der Waals surface area contributed by atoms with Gasteiger partial charge in [0.15, 0.2) is 11.5 Å². The van der Waals surface area contributed by atoms with Crippen LogP contribution in [-0.2, 0) is 6.61 Å². The lowest BCUT2D eigenvalue weighted by molar-refractivity contribution is 0.0955. The van der Waals surface area contributed by atoms with E-state index in [0.717, 1.165) is 26.9 Å². The fourth-order valence-corrected chi connectivity index (χ4v) is 3.73. The van der Waals surface area contributed by atoms with Crippen molar-refractivity contribution < 1.29 is 19.0 Å². The molecule has 1 N–H and O–H groups in total. The third-order valence-corrected chi connectivity index (χ3v) is 5.33. The fraction of sp³-hybridized carbons (Fsp3) is 0.231. The zero-order chi connectivity index (χ0) is 23.5. The number of hydrazone groups is 1. The Morgan fingerprint density at radius 2 is 1.76 bits per heavy atom. The summed E-state index contributed by atoms with van der Waals surface area (Å²) in [5.41, 5.74) is 4.93. The molecule has 3 rings (SSSR count). The number of halogens is 1. The SMILES string of the molecule is CCCOc1ccc(C(=O)N/N=C\c2cc(I)c(OCc3ccccc3)c(OCC)c2)cc1. The van der Waals surface area contributed by atoms with Gasteiger partial charge in [-0.2, -0.15) is 5.10 Å². The van der Waals surface area contributed by atoms with E-state index in [2.05, 4.69) is 33.1 Å². The van der Waals surface area contributed by atoms with Crippen LogP contribution in [0.25, 0.3) is 0 Å². The highest BCUT2D eigenvalue weighted by Gasteiger charge is 2.12. The topological polar surface area (TPSA) is 69.2 Å².